The summed E-state index contributed by atoms with van der Waals surface area (Å²) >= 11 is 10.7. The van der Waals surface area contributed by atoms with Gasteiger partial charge in [-0.25, -0.2) is 0 Å². The van der Waals surface area contributed by atoms with Crippen LogP contribution in [0.4, 0.5) is 0 Å². The maximum atomic E-state index is 5.93. The second-order valence-electron chi connectivity index (χ2n) is 3.70. The van der Waals surface area contributed by atoms with Crippen LogP contribution in [0.25, 0.3) is 0 Å². The van der Waals surface area contributed by atoms with Crippen molar-refractivity contribution < 1.29 is 0 Å². The van der Waals surface area contributed by atoms with E-state index >= 15 is 0 Å². The van der Waals surface area contributed by atoms with Crippen molar-refractivity contribution in [2.45, 2.75) is 12.1 Å². The van der Waals surface area contributed by atoms with Gasteiger partial charge < -0.3 is 0 Å². The molecule has 0 N–H and O–H groups in total. The van der Waals surface area contributed by atoms with E-state index in [9.17, 15) is 0 Å². The van der Waals surface area contributed by atoms with Gasteiger partial charge in [0.15, 0.2) is 0 Å². The number of hydrogen-bond donors (Lipinski definition) is 0. The molecule has 0 radical (unpaired) electrons. The van der Waals surface area contributed by atoms with E-state index < -0.39 is 14.7 Å². The first-order valence-corrected chi connectivity index (χ1v) is 9.45. The summed E-state index contributed by atoms with van der Waals surface area (Å²) in [6, 6.07) is 16.5. The molecule has 0 aliphatic heterocycles. The Morgan fingerprint density at radius 3 is 1.41 bits per heavy atom. The molecule has 0 spiro atoms. The van der Waals surface area contributed by atoms with Crippen molar-refractivity contribution in [3.05, 3.63) is 58.6 Å². The van der Waals surface area contributed by atoms with Crippen molar-refractivity contribution in [3.63, 3.8) is 0 Å². The quantitative estimate of drug-likeness (QED) is 0.756. The molecule has 0 saturated heterocycles. The summed E-state index contributed by atoms with van der Waals surface area (Å²) in [4.78, 5) is 0. The molecule has 0 saturated carbocycles. The van der Waals surface area contributed by atoms with Gasteiger partial charge in [0.2, 0.25) is 0 Å². The summed E-state index contributed by atoms with van der Waals surface area (Å²) in [5, 5.41) is 2.81. The zero-order valence-corrected chi connectivity index (χ0v) is 12.9. The van der Waals surface area contributed by atoms with E-state index in [0.717, 1.165) is 10.0 Å². The van der Waals surface area contributed by atoms with Crippen molar-refractivity contribution in [2.24, 2.45) is 0 Å². The number of benzene rings is 2. The molecule has 0 aliphatic rings. The molecule has 0 nitrogen and oxygen atoms in total. The molecule has 3 heteroatoms. The number of rotatable bonds is 3. The van der Waals surface area contributed by atoms with Gasteiger partial charge in [0.1, 0.15) is 0 Å². The summed E-state index contributed by atoms with van der Waals surface area (Å²) in [5.41, 5.74) is 0. The van der Waals surface area contributed by atoms with Crippen LogP contribution in [0.3, 0.4) is 0 Å². The summed E-state index contributed by atoms with van der Waals surface area (Å²) in [5.74, 6) is 0. The van der Waals surface area contributed by atoms with E-state index in [1.165, 1.54) is 13.9 Å². The Hall–Kier alpha value is -0.422. The van der Waals surface area contributed by atoms with Gasteiger partial charge in [-0.05, 0) is 0 Å². The molecular weight excluding hydrogens is 314 g/mol. The number of halogens is 2. The first-order valence-electron chi connectivity index (χ1n) is 5.49. The van der Waals surface area contributed by atoms with Crippen LogP contribution in [-0.4, -0.2) is 14.7 Å². The minimum atomic E-state index is -1.16. The van der Waals surface area contributed by atoms with E-state index in [-0.39, 0.29) is 0 Å². The first kappa shape index (κ1) is 13.0. The number of hydrogen-bond acceptors (Lipinski definition) is 0. The average molecular weight is 327 g/mol. The summed E-state index contributed by atoms with van der Waals surface area (Å²) < 4.78 is 2.87. The van der Waals surface area contributed by atoms with E-state index in [1.54, 1.807) is 0 Å². The van der Waals surface area contributed by atoms with Crippen LogP contribution in [0.15, 0.2) is 48.5 Å². The standard InChI is InChI=1S/C14H13AsCl2/c1-2-15(11-3-7-13(16)8-4-11)12-5-9-14(17)10-6-12/h3-10H,2H2,1H3. The van der Waals surface area contributed by atoms with Crippen molar-refractivity contribution >= 4 is 46.6 Å². The predicted octanol–water partition coefficient (Wildman–Crippen LogP) is 3.62. The summed E-state index contributed by atoms with van der Waals surface area (Å²) in [7, 11) is 0. The topological polar surface area (TPSA) is 0 Å². The Labute approximate surface area is 117 Å². The Kier molecular flexibility index (Phi) is 4.56. The van der Waals surface area contributed by atoms with E-state index in [1.807, 2.05) is 24.3 Å². The molecule has 2 rings (SSSR count). The van der Waals surface area contributed by atoms with Crippen LogP contribution in [0, 0.1) is 0 Å². The fourth-order valence-electron chi connectivity index (χ4n) is 1.76. The second-order valence-corrected chi connectivity index (χ2v) is 9.86. The average Bonchev–Trinajstić information content (AvgIpc) is 2.35. The minimum absolute atomic E-state index is 0.801. The summed E-state index contributed by atoms with van der Waals surface area (Å²) in [6.07, 6.45) is 0. The monoisotopic (exact) mass is 326 g/mol. The Bertz CT molecular complexity index is 431. The van der Waals surface area contributed by atoms with Gasteiger partial charge in [-0.15, -0.1) is 0 Å². The van der Waals surface area contributed by atoms with Crippen LogP contribution in [-0.2, 0) is 0 Å². The second kappa shape index (κ2) is 5.96. The van der Waals surface area contributed by atoms with Gasteiger partial charge in [-0.2, -0.15) is 0 Å². The third-order valence-corrected chi connectivity index (χ3v) is 8.29. The van der Waals surface area contributed by atoms with Crippen LogP contribution in [0.2, 0.25) is 15.3 Å². The van der Waals surface area contributed by atoms with Crippen LogP contribution in [0.5, 0.6) is 0 Å². The zero-order chi connectivity index (χ0) is 12.3. The van der Waals surface area contributed by atoms with Crippen molar-refractivity contribution in [1.29, 1.82) is 0 Å². The molecule has 0 unspecified atom stereocenters. The molecule has 0 bridgehead atoms. The van der Waals surface area contributed by atoms with Crippen molar-refractivity contribution in [1.82, 2.24) is 0 Å². The molecule has 0 heterocycles. The van der Waals surface area contributed by atoms with Gasteiger partial charge >= 0.3 is 117 Å². The molecule has 0 aromatic heterocycles. The van der Waals surface area contributed by atoms with Gasteiger partial charge in [0.25, 0.3) is 0 Å². The van der Waals surface area contributed by atoms with E-state index in [4.69, 9.17) is 23.2 Å². The van der Waals surface area contributed by atoms with E-state index in [2.05, 4.69) is 31.2 Å². The van der Waals surface area contributed by atoms with Crippen molar-refractivity contribution in [3.8, 4) is 0 Å². The molecule has 17 heavy (non-hydrogen) atoms. The van der Waals surface area contributed by atoms with Crippen LogP contribution >= 0.6 is 23.2 Å². The summed E-state index contributed by atoms with van der Waals surface area (Å²) in [6.45, 7) is 2.25. The zero-order valence-electron chi connectivity index (χ0n) is 9.53. The van der Waals surface area contributed by atoms with Crippen molar-refractivity contribution in [2.75, 3.05) is 0 Å². The van der Waals surface area contributed by atoms with Crippen LogP contribution in [0.1, 0.15) is 6.92 Å². The molecule has 0 aliphatic carbocycles. The molecular formula is C14H13AsCl2. The Morgan fingerprint density at radius 2 is 1.12 bits per heavy atom. The van der Waals surface area contributed by atoms with Crippen LogP contribution < -0.4 is 8.70 Å². The molecule has 2 aromatic carbocycles. The van der Waals surface area contributed by atoms with E-state index in [0.29, 0.717) is 0 Å². The molecule has 2 aromatic rings. The molecule has 0 amide bonds. The Morgan fingerprint density at radius 1 is 0.765 bits per heavy atom. The predicted molar refractivity (Wildman–Crippen MR) is 78.4 cm³/mol. The molecule has 0 atom stereocenters. The fraction of sp³-hybridized carbons (Fsp3) is 0.143. The Balaban J connectivity index is 2.33. The SMILES string of the molecule is CC[As](c1ccc(Cl)cc1)c1ccc(Cl)cc1. The van der Waals surface area contributed by atoms with Gasteiger partial charge in [-0.3, -0.25) is 0 Å². The fourth-order valence-corrected chi connectivity index (χ4v) is 6.30. The third kappa shape index (κ3) is 3.28. The third-order valence-electron chi connectivity index (χ3n) is 2.59. The van der Waals surface area contributed by atoms with Gasteiger partial charge in [0, 0.05) is 0 Å². The van der Waals surface area contributed by atoms with Gasteiger partial charge in [0.05, 0.1) is 0 Å². The molecule has 88 valence electrons. The first-order chi connectivity index (χ1) is 8.20. The normalized spacial score (nSPS) is 10.8. The maximum absolute atomic E-state index is 5.93. The molecule has 0 fully saturated rings. The van der Waals surface area contributed by atoms with Gasteiger partial charge in [-0.1, -0.05) is 0 Å².